The van der Waals surface area contributed by atoms with Gasteiger partial charge in [0.2, 0.25) is 5.91 Å². The van der Waals surface area contributed by atoms with E-state index in [1.165, 1.54) is 51.4 Å². The van der Waals surface area contributed by atoms with Crippen LogP contribution in [0.4, 0.5) is 5.82 Å². The lowest BCUT2D eigenvalue weighted by atomic mass is 9.87. The molecule has 1 fully saturated rings. The van der Waals surface area contributed by atoms with Crippen molar-refractivity contribution in [3.63, 3.8) is 0 Å². The van der Waals surface area contributed by atoms with Gasteiger partial charge in [0.15, 0.2) is 0 Å². The number of nitrogens with one attached hydrogen (secondary N) is 2. The van der Waals surface area contributed by atoms with Gasteiger partial charge in [-0.3, -0.25) is 9.78 Å². The quantitative estimate of drug-likeness (QED) is 0.547. The number of hydrogen-bond acceptors (Lipinski definition) is 6. The number of aromatic nitrogens is 2. The lowest BCUT2D eigenvalue weighted by Gasteiger charge is -2.21. The maximum absolute atomic E-state index is 12.1. The fourth-order valence-corrected chi connectivity index (χ4v) is 3.02. The van der Waals surface area contributed by atoms with Crippen molar-refractivity contribution < 1.29 is 14.3 Å². The number of carbonyl (C=O) groups excluding carboxylic acids is 2. The molecule has 2 N–H and O–H groups in total. The normalized spacial score (nSPS) is 16.2. The third-order valence-electron chi connectivity index (χ3n) is 4.46. The Kier molecular flexibility index (Phi) is 8.05. The van der Waals surface area contributed by atoms with E-state index in [9.17, 15) is 9.59 Å². The molecule has 0 spiro atoms. The third kappa shape index (κ3) is 7.21. The molecule has 1 aromatic heterocycles. The third-order valence-corrected chi connectivity index (χ3v) is 4.46. The Hall–Kier alpha value is -2.44. The molecular formula is C19H28N4O3. The number of ether oxygens (including phenoxy) is 1. The predicted molar refractivity (Wildman–Crippen MR) is 100 cm³/mol. The smallest absolute Gasteiger partial charge is 0.330 e. The van der Waals surface area contributed by atoms with Crippen LogP contribution in [0.1, 0.15) is 51.1 Å². The van der Waals surface area contributed by atoms with Crippen LogP contribution >= 0.6 is 0 Å². The van der Waals surface area contributed by atoms with E-state index >= 15 is 0 Å². The Morgan fingerprint density at radius 1 is 1.27 bits per heavy atom. The van der Waals surface area contributed by atoms with Crippen LogP contribution in [0.5, 0.6) is 0 Å². The van der Waals surface area contributed by atoms with E-state index in [4.69, 9.17) is 0 Å². The first-order valence-electron chi connectivity index (χ1n) is 9.18. The van der Waals surface area contributed by atoms with Crippen LogP contribution in [0.15, 0.2) is 18.5 Å². The van der Waals surface area contributed by atoms with E-state index < -0.39 is 5.97 Å². The number of carbonyl (C=O) groups is 2. The molecular weight excluding hydrogens is 332 g/mol. The zero-order valence-corrected chi connectivity index (χ0v) is 15.5. The summed E-state index contributed by atoms with van der Waals surface area (Å²) in [6.45, 7) is 2.52. The van der Waals surface area contributed by atoms with Gasteiger partial charge in [0.1, 0.15) is 5.82 Å². The van der Waals surface area contributed by atoms with Gasteiger partial charge in [-0.1, -0.05) is 19.3 Å². The van der Waals surface area contributed by atoms with Crippen LogP contribution in [0.25, 0.3) is 6.08 Å². The van der Waals surface area contributed by atoms with Crippen molar-refractivity contribution in [3.8, 4) is 0 Å². The van der Waals surface area contributed by atoms with Crippen LogP contribution in [0.2, 0.25) is 0 Å². The average Bonchev–Trinajstić information content (AvgIpc) is 2.66. The molecule has 0 bridgehead atoms. The van der Waals surface area contributed by atoms with Crippen molar-refractivity contribution in [1.82, 2.24) is 15.3 Å². The Morgan fingerprint density at radius 2 is 2.04 bits per heavy atom. The molecule has 0 unspecified atom stereocenters. The van der Waals surface area contributed by atoms with Crippen LogP contribution in [-0.2, 0) is 14.3 Å². The number of amides is 1. The van der Waals surface area contributed by atoms with E-state index in [1.54, 1.807) is 12.4 Å². The number of methoxy groups -OCH3 is 1. The molecule has 26 heavy (non-hydrogen) atoms. The Bertz CT molecular complexity index is 610. The highest BCUT2D eigenvalue weighted by atomic mass is 16.5. The Labute approximate surface area is 154 Å². The first kappa shape index (κ1) is 19.9. The summed E-state index contributed by atoms with van der Waals surface area (Å²) in [4.78, 5) is 31.6. The zero-order chi connectivity index (χ0) is 18.8. The number of nitrogens with zero attached hydrogens (tertiary/aromatic N) is 2. The molecule has 1 heterocycles. The molecule has 7 heteroatoms. The largest absolute Gasteiger partial charge is 0.466 e. The molecule has 1 aliphatic carbocycles. The first-order chi connectivity index (χ1) is 12.6. The molecule has 1 saturated carbocycles. The maximum Gasteiger partial charge on any atom is 0.330 e. The van der Waals surface area contributed by atoms with Crippen molar-refractivity contribution in [1.29, 1.82) is 0 Å². The van der Waals surface area contributed by atoms with Gasteiger partial charge in [-0.2, -0.15) is 0 Å². The van der Waals surface area contributed by atoms with Crippen LogP contribution in [0, 0.1) is 5.92 Å². The van der Waals surface area contributed by atoms with Gasteiger partial charge in [-0.05, 0) is 31.8 Å². The molecule has 142 valence electrons. The topological polar surface area (TPSA) is 93.2 Å². The molecule has 0 aliphatic heterocycles. The second-order valence-corrected chi connectivity index (χ2v) is 6.74. The van der Waals surface area contributed by atoms with Crippen molar-refractivity contribution in [2.45, 2.75) is 51.5 Å². The second kappa shape index (κ2) is 10.5. The molecule has 1 aliphatic rings. The van der Waals surface area contributed by atoms with Gasteiger partial charge in [0.05, 0.1) is 25.2 Å². The predicted octanol–water partition coefficient (Wildman–Crippen LogP) is 2.55. The van der Waals surface area contributed by atoms with Gasteiger partial charge >= 0.3 is 5.97 Å². The number of anilines is 1. The van der Waals surface area contributed by atoms with Crippen molar-refractivity contribution >= 4 is 23.8 Å². The number of esters is 1. The van der Waals surface area contributed by atoms with E-state index in [0.717, 1.165) is 0 Å². The van der Waals surface area contributed by atoms with Gasteiger partial charge in [-0.25, -0.2) is 9.78 Å². The van der Waals surface area contributed by atoms with Crippen LogP contribution in [0.3, 0.4) is 0 Å². The van der Waals surface area contributed by atoms with E-state index in [-0.39, 0.29) is 11.9 Å². The van der Waals surface area contributed by atoms with Gasteiger partial charge in [0.25, 0.3) is 0 Å². The van der Waals surface area contributed by atoms with Crippen molar-refractivity contribution in [2.24, 2.45) is 5.92 Å². The number of rotatable bonds is 8. The fourth-order valence-electron chi connectivity index (χ4n) is 3.02. The molecule has 2 rings (SSSR count). The van der Waals surface area contributed by atoms with E-state index in [2.05, 4.69) is 25.3 Å². The summed E-state index contributed by atoms with van der Waals surface area (Å²) in [6, 6.07) is 0.0380. The lowest BCUT2D eigenvalue weighted by molar-refractivity contribution is -0.134. The first-order valence-corrected chi connectivity index (χ1v) is 9.18. The molecule has 1 atom stereocenters. The SMILES string of the molecule is COC(=O)/C=C/c1cnc(N[C@H](C)CNC(=O)CC2CCCCC2)cn1. The number of hydrogen-bond donors (Lipinski definition) is 2. The summed E-state index contributed by atoms with van der Waals surface area (Å²) in [5.74, 6) is 0.851. The van der Waals surface area contributed by atoms with Gasteiger partial charge in [0, 0.05) is 25.1 Å². The molecule has 1 aromatic rings. The Morgan fingerprint density at radius 3 is 2.69 bits per heavy atom. The minimum absolute atomic E-state index is 0.0380. The highest BCUT2D eigenvalue weighted by Crippen LogP contribution is 2.25. The summed E-state index contributed by atoms with van der Waals surface area (Å²) < 4.78 is 4.52. The maximum atomic E-state index is 12.1. The standard InChI is InChI=1S/C19H28N4O3/c1-14(11-22-18(24)10-15-6-4-3-5-7-15)23-17-13-20-16(12-21-17)8-9-19(25)26-2/h8-9,12-15H,3-7,10-11H2,1-2H3,(H,21,23)(H,22,24)/b9-8+/t14-/m1/s1. The molecule has 0 aromatic carbocycles. The van der Waals surface area contributed by atoms with E-state index in [1.807, 2.05) is 6.92 Å². The highest BCUT2D eigenvalue weighted by Gasteiger charge is 2.17. The summed E-state index contributed by atoms with van der Waals surface area (Å²) in [5, 5.41) is 6.19. The summed E-state index contributed by atoms with van der Waals surface area (Å²) in [7, 11) is 1.32. The molecule has 0 saturated heterocycles. The molecule has 0 radical (unpaired) electrons. The average molecular weight is 360 g/mol. The van der Waals surface area contributed by atoms with E-state index in [0.29, 0.717) is 30.4 Å². The minimum Gasteiger partial charge on any atom is -0.466 e. The second-order valence-electron chi connectivity index (χ2n) is 6.74. The summed E-state index contributed by atoms with van der Waals surface area (Å²) in [5.41, 5.74) is 0.564. The summed E-state index contributed by atoms with van der Waals surface area (Å²) in [6.07, 6.45) is 12.8. The van der Waals surface area contributed by atoms with Gasteiger partial charge in [-0.15, -0.1) is 0 Å². The fraction of sp³-hybridized carbons (Fsp3) is 0.579. The summed E-state index contributed by atoms with van der Waals surface area (Å²) >= 11 is 0. The molecule has 7 nitrogen and oxygen atoms in total. The van der Waals surface area contributed by atoms with Crippen LogP contribution < -0.4 is 10.6 Å². The van der Waals surface area contributed by atoms with Gasteiger partial charge < -0.3 is 15.4 Å². The van der Waals surface area contributed by atoms with Crippen molar-refractivity contribution in [3.05, 3.63) is 24.2 Å². The molecule has 1 amide bonds. The monoisotopic (exact) mass is 360 g/mol. The Balaban J connectivity index is 1.71. The lowest BCUT2D eigenvalue weighted by Crippen LogP contribution is -2.35. The van der Waals surface area contributed by atoms with Crippen LogP contribution in [-0.4, -0.2) is 41.5 Å². The van der Waals surface area contributed by atoms with Crippen molar-refractivity contribution in [2.75, 3.05) is 19.0 Å². The highest BCUT2D eigenvalue weighted by molar-refractivity contribution is 5.86. The minimum atomic E-state index is -0.438. The zero-order valence-electron chi connectivity index (χ0n) is 15.5.